The van der Waals surface area contributed by atoms with E-state index in [0.717, 1.165) is 14.8 Å². The molecule has 92 valence electrons. The van der Waals surface area contributed by atoms with Gasteiger partial charge in [0.05, 0.1) is 12.1 Å². The summed E-state index contributed by atoms with van der Waals surface area (Å²) in [5, 5.41) is 3.51. The van der Waals surface area contributed by atoms with Crippen molar-refractivity contribution in [2.45, 2.75) is 6.42 Å². The van der Waals surface area contributed by atoms with Crippen molar-refractivity contribution in [2.24, 2.45) is 0 Å². The van der Waals surface area contributed by atoms with Gasteiger partial charge in [-0.3, -0.25) is 9.78 Å². The molecule has 0 radical (unpaired) electrons. The van der Waals surface area contributed by atoms with Crippen LogP contribution in [0.15, 0.2) is 42.7 Å². The average Bonchev–Trinajstić information content (AvgIpc) is 2.34. The van der Waals surface area contributed by atoms with E-state index in [2.05, 4.69) is 32.9 Å². The molecule has 0 bridgehead atoms. The van der Waals surface area contributed by atoms with Crippen molar-refractivity contribution in [2.75, 3.05) is 5.32 Å². The number of hydrogen-bond donors (Lipinski definition) is 1. The van der Waals surface area contributed by atoms with Crippen LogP contribution in [0.2, 0.25) is 5.02 Å². The fraction of sp³-hybridized carbons (Fsp3) is 0.0769. The zero-order valence-corrected chi connectivity index (χ0v) is 12.3. The van der Waals surface area contributed by atoms with Crippen molar-refractivity contribution in [3.63, 3.8) is 0 Å². The highest BCUT2D eigenvalue weighted by Crippen LogP contribution is 2.22. The maximum absolute atomic E-state index is 11.8. The molecule has 2 aromatic rings. The lowest BCUT2D eigenvalue weighted by atomic mass is 10.2. The largest absolute Gasteiger partial charge is 0.325 e. The van der Waals surface area contributed by atoms with Gasteiger partial charge in [0.25, 0.3) is 0 Å². The van der Waals surface area contributed by atoms with E-state index in [-0.39, 0.29) is 5.91 Å². The molecule has 0 saturated carbocycles. The van der Waals surface area contributed by atoms with Gasteiger partial charge in [-0.15, -0.1) is 0 Å². The number of benzene rings is 1. The van der Waals surface area contributed by atoms with Gasteiger partial charge in [-0.25, -0.2) is 0 Å². The third-order valence-electron chi connectivity index (χ3n) is 2.29. The molecule has 1 heterocycles. The number of aromatic nitrogens is 1. The van der Waals surface area contributed by atoms with E-state index in [1.54, 1.807) is 24.5 Å². The Labute approximate surface area is 124 Å². The van der Waals surface area contributed by atoms with Gasteiger partial charge in [-0.05, 0) is 52.4 Å². The third-order valence-corrected chi connectivity index (χ3v) is 3.42. The Morgan fingerprint density at radius 1 is 1.39 bits per heavy atom. The Morgan fingerprint density at radius 2 is 2.22 bits per heavy atom. The molecule has 1 aromatic carbocycles. The smallest absolute Gasteiger partial charge is 0.228 e. The van der Waals surface area contributed by atoms with Crippen molar-refractivity contribution < 1.29 is 4.79 Å². The van der Waals surface area contributed by atoms with E-state index < -0.39 is 0 Å². The molecule has 0 aliphatic heterocycles. The van der Waals surface area contributed by atoms with Gasteiger partial charge >= 0.3 is 0 Å². The summed E-state index contributed by atoms with van der Waals surface area (Å²) in [6.07, 6.45) is 3.68. The number of nitrogens with zero attached hydrogens (tertiary/aromatic N) is 1. The van der Waals surface area contributed by atoms with E-state index in [0.29, 0.717) is 11.4 Å². The van der Waals surface area contributed by atoms with Gasteiger partial charge in [-0.1, -0.05) is 17.7 Å². The molecule has 2 rings (SSSR count). The van der Waals surface area contributed by atoms with Crippen LogP contribution in [0.1, 0.15) is 5.56 Å². The summed E-state index contributed by atoms with van der Waals surface area (Å²) in [6, 6.07) is 9.05. The Kier molecular flexibility index (Phi) is 4.54. The first kappa shape index (κ1) is 13.3. The van der Waals surface area contributed by atoms with Crippen LogP contribution < -0.4 is 5.32 Å². The van der Waals surface area contributed by atoms with Gasteiger partial charge in [0, 0.05) is 21.0 Å². The molecule has 0 saturated heterocycles. The number of nitrogens with one attached hydrogen (secondary N) is 1. The maximum Gasteiger partial charge on any atom is 0.228 e. The molecular formula is C13H10ClIN2O. The first-order valence-corrected chi connectivity index (χ1v) is 6.74. The number of pyridine rings is 1. The predicted molar refractivity (Wildman–Crippen MR) is 80.7 cm³/mol. The molecule has 1 N–H and O–H groups in total. The topological polar surface area (TPSA) is 42.0 Å². The summed E-state index contributed by atoms with van der Waals surface area (Å²) in [4.78, 5) is 15.8. The summed E-state index contributed by atoms with van der Waals surface area (Å²) in [7, 11) is 0. The molecule has 3 nitrogen and oxygen atoms in total. The summed E-state index contributed by atoms with van der Waals surface area (Å²) >= 11 is 8.00. The Hall–Kier alpha value is -1.14. The van der Waals surface area contributed by atoms with Crippen LogP contribution in [0.3, 0.4) is 0 Å². The Morgan fingerprint density at radius 3 is 2.89 bits per heavy atom. The van der Waals surface area contributed by atoms with E-state index in [9.17, 15) is 4.79 Å². The molecule has 0 spiro atoms. The van der Waals surface area contributed by atoms with E-state index >= 15 is 0 Å². The molecule has 0 fully saturated rings. The number of hydrogen-bond acceptors (Lipinski definition) is 2. The molecule has 1 amide bonds. The second-order valence-corrected chi connectivity index (χ2v) is 5.31. The van der Waals surface area contributed by atoms with Gasteiger partial charge in [0.1, 0.15) is 0 Å². The summed E-state index contributed by atoms with van der Waals surface area (Å²) in [5.74, 6) is -0.0664. The molecular weight excluding hydrogens is 363 g/mol. The quantitative estimate of drug-likeness (QED) is 0.838. The molecule has 0 atom stereocenters. The van der Waals surface area contributed by atoms with Crippen LogP contribution in [0, 0.1) is 3.57 Å². The lowest BCUT2D eigenvalue weighted by Gasteiger charge is -2.07. The van der Waals surface area contributed by atoms with Crippen molar-refractivity contribution in [3.05, 3.63) is 56.9 Å². The second-order valence-electron chi connectivity index (χ2n) is 3.71. The third kappa shape index (κ3) is 3.68. The highest BCUT2D eigenvalue weighted by Gasteiger charge is 2.07. The number of amides is 1. The lowest BCUT2D eigenvalue weighted by Crippen LogP contribution is -2.15. The number of halogens is 2. The number of carbonyl (C=O) groups excluding carboxylic acids is 1. The highest BCUT2D eigenvalue weighted by molar-refractivity contribution is 14.1. The minimum Gasteiger partial charge on any atom is -0.325 e. The minimum atomic E-state index is -0.0664. The molecule has 0 aliphatic carbocycles. The highest BCUT2D eigenvalue weighted by atomic mass is 127. The fourth-order valence-electron chi connectivity index (χ4n) is 1.47. The van der Waals surface area contributed by atoms with Gasteiger partial charge < -0.3 is 5.32 Å². The van der Waals surface area contributed by atoms with Gasteiger partial charge in [0.2, 0.25) is 5.91 Å². The lowest BCUT2D eigenvalue weighted by molar-refractivity contribution is -0.115. The normalized spacial score (nSPS) is 10.1. The van der Waals surface area contributed by atoms with Crippen LogP contribution in [-0.2, 0) is 11.2 Å². The summed E-state index contributed by atoms with van der Waals surface area (Å²) in [6.45, 7) is 0. The Balaban J connectivity index is 2.03. The van der Waals surface area contributed by atoms with Crippen molar-refractivity contribution >= 4 is 45.8 Å². The predicted octanol–water partition coefficient (Wildman–Crippen LogP) is 3.52. The standard InChI is InChI=1S/C13H10ClIN2O/c14-10-3-4-12(11(15)7-10)17-13(18)6-9-2-1-5-16-8-9/h1-5,7-8H,6H2,(H,17,18). The van der Waals surface area contributed by atoms with Gasteiger partial charge in [-0.2, -0.15) is 0 Å². The molecule has 18 heavy (non-hydrogen) atoms. The number of anilines is 1. The second kappa shape index (κ2) is 6.15. The van der Waals surface area contributed by atoms with Crippen LogP contribution in [0.4, 0.5) is 5.69 Å². The Bertz CT molecular complexity index is 560. The van der Waals surface area contributed by atoms with Crippen molar-refractivity contribution in [3.8, 4) is 0 Å². The SMILES string of the molecule is O=C(Cc1cccnc1)Nc1ccc(Cl)cc1I. The molecule has 0 unspecified atom stereocenters. The average molecular weight is 373 g/mol. The zero-order valence-electron chi connectivity index (χ0n) is 9.36. The van der Waals surface area contributed by atoms with Crippen LogP contribution in [-0.4, -0.2) is 10.9 Å². The fourth-order valence-corrected chi connectivity index (χ4v) is 2.48. The molecule has 5 heteroatoms. The van der Waals surface area contributed by atoms with E-state index in [4.69, 9.17) is 11.6 Å². The molecule has 0 aliphatic rings. The number of carbonyl (C=O) groups is 1. The van der Waals surface area contributed by atoms with Crippen molar-refractivity contribution in [1.82, 2.24) is 4.98 Å². The summed E-state index contributed by atoms with van der Waals surface area (Å²) in [5.41, 5.74) is 1.66. The monoisotopic (exact) mass is 372 g/mol. The molecule has 1 aromatic heterocycles. The van der Waals surface area contributed by atoms with Crippen LogP contribution in [0.25, 0.3) is 0 Å². The number of rotatable bonds is 3. The summed E-state index contributed by atoms with van der Waals surface area (Å²) < 4.78 is 0.916. The van der Waals surface area contributed by atoms with Crippen molar-refractivity contribution in [1.29, 1.82) is 0 Å². The minimum absolute atomic E-state index is 0.0664. The first-order chi connectivity index (χ1) is 8.65. The van der Waals surface area contributed by atoms with Crippen LogP contribution in [0.5, 0.6) is 0 Å². The van der Waals surface area contributed by atoms with Gasteiger partial charge in [0.15, 0.2) is 0 Å². The first-order valence-electron chi connectivity index (χ1n) is 5.29. The zero-order chi connectivity index (χ0) is 13.0. The maximum atomic E-state index is 11.8. The van der Waals surface area contributed by atoms with Crippen LogP contribution >= 0.6 is 34.2 Å². The van der Waals surface area contributed by atoms with E-state index in [1.165, 1.54) is 0 Å². The van der Waals surface area contributed by atoms with E-state index in [1.807, 2.05) is 18.2 Å².